The first-order valence-corrected chi connectivity index (χ1v) is 6.07. The van der Waals surface area contributed by atoms with Crippen LogP contribution in [0.3, 0.4) is 0 Å². The van der Waals surface area contributed by atoms with Crippen molar-refractivity contribution in [2.24, 2.45) is 0 Å². The molecule has 0 aromatic heterocycles. The van der Waals surface area contributed by atoms with Crippen molar-refractivity contribution in [3.05, 3.63) is 0 Å². The van der Waals surface area contributed by atoms with Crippen LogP contribution in [0.5, 0.6) is 0 Å². The van der Waals surface area contributed by atoms with Crippen molar-refractivity contribution in [2.45, 2.75) is 11.8 Å². The van der Waals surface area contributed by atoms with Gasteiger partial charge >= 0.3 is 0 Å². The van der Waals surface area contributed by atoms with Gasteiger partial charge in [-0.2, -0.15) is 8.42 Å². The minimum absolute atomic E-state index is 0.207. The lowest BCUT2D eigenvalue weighted by Gasteiger charge is -2.10. The highest BCUT2D eigenvalue weighted by Gasteiger charge is 2.10. The van der Waals surface area contributed by atoms with E-state index in [1.54, 1.807) is 6.26 Å². The Morgan fingerprint density at radius 1 is 1.67 bits per heavy atom. The van der Waals surface area contributed by atoms with Crippen LogP contribution in [-0.2, 0) is 14.9 Å². The molecule has 0 saturated carbocycles. The van der Waals surface area contributed by atoms with Gasteiger partial charge in [0.1, 0.15) is 0 Å². The second kappa shape index (κ2) is 5.39. The SMILES string of the molecule is CSC(CCS(=O)(=O)O)NC=O. The molecule has 72 valence electrons. The minimum atomic E-state index is -3.92. The first kappa shape index (κ1) is 11.7. The number of nitrogens with one attached hydrogen (secondary N) is 1. The lowest BCUT2D eigenvalue weighted by Crippen LogP contribution is -2.26. The van der Waals surface area contributed by atoms with Gasteiger partial charge in [0.2, 0.25) is 6.41 Å². The highest BCUT2D eigenvalue weighted by Crippen LogP contribution is 2.07. The molecule has 5 nitrogen and oxygen atoms in total. The second-order valence-electron chi connectivity index (χ2n) is 2.08. The lowest BCUT2D eigenvalue weighted by atomic mass is 10.5. The molecule has 0 aliphatic heterocycles. The third kappa shape index (κ3) is 6.44. The highest BCUT2D eigenvalue weighted by atomic mass is 32.2. The minimum Gasteiger partial charge on any atom is -0.347 e. The van der Waals surface area contributed by atoms with E-state index >= 15 is 0 Å². The zero-order valence-corrected chi connectivity index (χ0v) is 8.19. The summed E-state index contributed by atoms with van der Waals surface area (Å²) in [6.45, 7) is 0. The maximum absolute atomic E-state index is 10.3. The third-order valence-corrected chi connectivity index (χ3v) is 2.87. The van der Waals surface area contributed by atoms with Gasteiger partial charge in [-0.05, 0) is 12.7 Å². The number of thioether (sulfide) groups is 1. The van der Waals surface area contributed by atoms with Gasteiger partial charge in [-0.3, -0.25) is 9.35 Å². The Labute approximate surface area is 75.7 Å². The Morgan fingerprint density at radius 3 is 2.58 bits per heavy atom. The molecule has 2 N–H and O–H groups in total. The fraction of sp³-hybridized carbons (Fsp3) is 0.800. The lowest BCUT2D eigenvalue weighted by molar-refractivity contribution is -0.109. The molecule has 1 unspecified atom stereocenters. The van der Waals surface area contributed by atoms with Crippen LogP contribution in [0.15, 0.2) is 0 Å². The van der Waals surface area contributed by atoms with Gasteiger partial charge in [0, 0.05) is 0 Å². The van der Waals surface area contributed by atoms with Crippen molar-refractivity contribution in [1.29, 1.82) is 0 Å². The average molecular weight is 213 g/mol. The molecule has 0 aromatic carbocycles. The summed E-state index contributed by atoms with van der Waals surface area (Å²) in [4.78, 5) is 9.96. The number of rotatable bonds is 6. The van der Waals surface area contributed by atoms with Gasteiger partial charge < -0.3 is 5.32 Å². The van der Waals surface area contributed by atoms with E-state index < -0.39 is 10.1 Å². The summed E-state index contributed by atoms with van der Waals surface area (Å²) >= 11 is 1.32. The molecule has 0 aromatic rings. The van der Waals surface area contributed by atoms with Gasteiger partial charge in [-0.25, -0.2) is 0 Å². The fourth-order valence-electron chi connectivity index (χ4n) is 0.601. The zero-order valence-electron chi connectivity index (χ0n) is 6.56. The van der Waals surface area contributed by atoms with Crippen LogP contribution in [-0.4, -0.2) is 36.8 Å². The first-order valence-electron chi connectivity index (χ1n) is 3.17. The molecule has 0 heterocycles. The molecule has 0 bridgehead atoms. The van der Waals surface area contributed by atoms with Gasteiger partial charge in [-0.1, -0.05) is 0 Å². The molecule has 0 rings (SSSR count). The van der Waals surface area contributed by atoms with Gasteiger partial charge in [0.15, 0.2) is 0 Å². The Morgan fingerprint density at radius 2 is 2.25 bits per heavy atom. The van der Waals surface area contributed by atoms with E-state index in [0.717, 1.165) is 0 Å². The standard InChI is InChI=1S/C5H11NO4S2/c1-11-5(6-4-7)2-3-12(8,9)10/h4-5H,2-3H2,1H3,(H,6,7)(H,8,9,10). The molecule has 12 heavy (non-hydrogen) atoms. The molecule has 0 fully saturated rings. The predicted molar refractivity (Wildman–Crippen MR) is 47.5 cm³/mol. The summed E-state index contributed by atoms with van der Waals surface area (Å²) in [7, 11) is -3.92. The van der Waals surface area contributed by atoms with E-state index in [1.165, 1.54) is 11.8 Å². The van der Waals surface area contributed by atoms with E-state index in [0.29, 0.717) is 6.41 Å². The van der Waals surface area contributed by atoms with Crippen LogP contribution in [0, 0.1) is 0 Å². The Kier molecular flexibility index (Phi) is 5.27. The van der Waals surface area contributed by atoms with Crippen LogP contribution in [0.2, 0.25) is 0 Å². The molecule has 0 saturated heterocycles. The predicted octanol–water partition coefficient (Wildman–Crippen LogP) is -0.301. The van der Waals surface area contributed by atoms with Crippen LogP contribution < -0.4 is 5.32 Å². The van der Waals surface area contributed by atoms with Crippen molar-refractivity contribution in [2.75, 3.05) is 12.0 Å². The summed E-state index contributed by atoms with van der Waals surface area (Å²) in [6, 6.07) is 0. The van der Waals surface area contributed by atoms with E-state index in [9.17, 15) is 13.2 Å². The maximum atomic E-state index is 10.3. The summed E-state index contributed by atoms with van der Waals surface area (Å²) in [6.07, 6.45) is 2.45. The van der Waals surface area contributed by atoms with Crippen LogP contribution >= 0.6 is 11.8 Å². The number of carbonyl (C=O) groups excluding carboxylic acids is 1. The molecule has 0 aliphatic rings. The molecule has 1 atom stereocenters. The molecule has 0 aliphatic carbocycles. The van der Waals surface area contributed by atoms with Crippen LogP contribution in [0.1, 0.15) is 6.42 Å². The van der Waals surface area contributed by atoms with Gasteiger partial charge in [0.25, 0.3) is 10.1 Å². The number of carbonyl (C=O) groups is 1. The van der Waals surface area contributed by atoms with Crippen molar-refractivity contribution in [3.8, 4) is 0 Å². The molecule has 0 radical (unpaired) electrons. The number of hydrogen-bond donors (Lipinski definition) is 2. The summed E-state index contributed by atoms with van der Waals surface area (Å²) in [5.74, 6) is -0.334. The van der Waals surface area contributed by atoms with Crippen molar-refractivity contribution in [3.63, 3.8) is 0 Å². The normalized spacial score (nSPS) is 13.8. The Hall–Kier alpha value is -0.270. The first-order chi connectivity index (χ1) is 5.49. The van der Waals surface area contributed by atoms with E-state index in [2.05, 4.69) is 5.32 Å². The quantitative estimate of drug-likeness (QED) is 0.359. The third-order valence-electron chi connectivity index (χ3n) is 1.18. The van der Waals surface area contributed by atoms with Crippen molar-refractivity contribution in [1.82, 2.24) is 5.32 Å². The van der Waals surface area contributed by atoms with Crippen molar-refractivity contribution < 1.29 is 17.8 Å². The van der Waals surface area contributed by atoms with Crippen LogP contribution in [0.25, 0.3) is 0 Å². The molecular formula is C5H11NO4S2. The van der Waals surface area contributed by atoms with E-state index in [1.807, 2.05) is 0 Å². The van der Waals surface area contributed by atoms with E-state index in [-0.39, 0.29) is 17.5 Å². The molecule has 0 spiro atoms. The fourth-order valence-corrected chi connectivity index (χ4v) is 1.83. The van der Waals surface area contributed by atoms with Crippen LogP contribution in [0.4, 0.5) is 0 Å². The number of hydrogen-bond acceptors (Lipinski definition) is 4. The van der Waals surface area contributed by atoms with Gasteiger partial charge in [-0.15, -0.1) is 11.8 Å². The molecule has 7 heteroatoms. The second-order valence-corrected chi connectivity index (χ2v) is 4.70. The number of amides is 1. The zero-order chi connectivity index (χ0) is 9.61. The smallest absolute Gasteiger partial charge is 0.264 e. The average Bonchev–Trinajstić information content (AvgIpc) is 1.96. The maximum Gasteiger partial charge on any atom is 0.264 e. The Bertz CT molecular complexity index is 226. The molecular weight excluding hydrogens is 202 g/mol. The Balaban J connectivity index is 3.80. The largest absolute Gasteiger partial charge is 0.347 e. The summed E-state index contributed by atoms with van der Waals surface area (Å²) in [5, 5.41) is 2.15. The highest BCUT2D eigenvalue weighted by molar-refractivity contribution is 7.99. The van der Waals surface area contributed by atoms with E-state index in [4.69, 9.17) is 4.55 Å². The van der Waals surface area contributed by atoms with Crippen molar-refractivity contribution >= 4 is 28.3 Å². The molecule has 1 amide bonds. The summed E-state index contributed by atoms with van der Waals surface area (Å²) < 4.78 is 28.9. The topological polar surface area (TPSA) is 83.5 Å². The monoisotopic (exact) mass is 213 g/mol. The van der Waals surface area contributed by atoms with Gasteiger partial charge in [0.05, 0.1) is 11.1 Å². The summed E-state index contributed by atoms with van der Waals surface area (Å²) in [5.41, 5.74) is 0.